The first kappa shape index (κ1) is 22.9. The second-order valence-corrected chi connectivity index (χ2v) is 10.4. The van der Waals surface area contributed by atoms with E-state index in [4.69, 9.17) is 9.97 Å². The van der Waals surface area contributed by atoms with Crippen molar-refractivity contribution in [1.29, 1.82) is 0 Å². The van der Waals surface area contributed by atoms with Crippen LogP contribution in [0, 0.1) is 11.8 Å². The van der Waals surface area contributed by atoms with Crippen molar-refractivity contribution < 1.29 is 0 Å². The number of fused-ring (bicyclic) bond motifs is 2. The molecule has 1 aromatic heterocycles. The van der Waals surface area contributed by atoms with E-state index in [9.17, 15) is 0 Å². The highest BCUT2D eigenvalue weighted by Crippen LogP contribution is 2.31. The fourth-order valence-corrected chi connectivity index (χ4v) is 5.79. The molecule has 1 aliphatic rings. The van der Waals surface area contributed by atoms with Crippen molar-refractivity contribution >= 4 is 45.4 Å². The summed E-state index contributed by atoms with van der Waals surface area (Å²) < 4.78 is 3.65. The lowest BCUT2D eigenvalue weighted by Gasteiger charge is -2.28. The first-order valence-electron chi connectivity index (χ1n) is 12.2. The summed E-state index contributed by atoms with van der Waals surface area (Å²) in [6, 6.07) is 23.4. The van der Waals surface area contributed by atoms with Crippen LogP contribution in [-0.2, 0) is 0 Å². The predicted molar refractivity (Wildman–Crippen MR) is 146 cm³/mol. The lowest BCUT2D eigenvalue weighted by molar-refractivity contribution is 0.285. The van der Waals surface area contributed by atoms with Gasteiger partial charge in [0.1, 0.15) is 5.82 Å². The fourth-order valence-electron chi connectivity index (χ4n) is 4.88. The molecule has 5 nitrogen and oxygen atoms in total. The molecule has 2 N–H and O–H groups in total. The molecule has 1 aliphatic carbocycles. The second-order valence-electron chi connectivity index (χ2n) is 9.48. The topological polar surface area (TPSA) is 53.1 Å². The van der Waals surface area contributed by atoms with E-state index in [2.05, 4.69) is 69.5 Å². The molecule has 1 fully saturated rings. The van der Waals surface area contributed by atoms with Crippen molar-refractivity contribution in [2.75, 3.05) is 37.4 Å². The van der Waals surface area contributed by atoms with Crippen LogP contribution in [0.2, 0.25) is 0 Å². The maximum atomic E-state index is 4.78. The van der Waals surface area contributed by atoms with Crippen LogP contribution in [0.15, 0.2) is 71.6 Å². The largest absolute Gasteiger partial charge is 0.362 e. The molecule has 0 bridgehead atoms. The van der Waals surface area contributed by atoms with E-state index in [0.717, 1.165) is 41.7 Å². The Bertz CT molecular complexity index is 1240. The van der Waals surface area contributed by atoms with Crippen molar-refractivity contribution in [3.8, 4) is 0 Å². The zero-order chi connectivity index (χ0) is 23.3. The Morgan fingerprint density at radius 3 is 2.26 bits per heavy atom. The Kier molecular flexibility index (Phi) is 7.16. The van der Waals surface area contributed by atoms with Gasteiger partial charge >= 0.3 is 0 Å². The van der Waals surface area contributed by atoms with Crippen molar-refractivity contribution in [2.45, 2.75) is 30.6 Å². The van der Waals surface area contributed by atoms with Gasteiger partial charge in [0, 0.05) is 37.5 Å². The molecule has 0 aliphatic heterocycles. The molecule has 0 radical (unpaired) electrons. The highest BCUT2D eigenvalue weighted by molar-refractivity contribution is 7.97. The van der Waals surface area contributed by atoms with E-state index >= 15 is 0 Å². The maximum Gasteiger partial charge on any atom is 0.225 e. The van der Waals surface area contributed by atoms with Gasteiger partial charge in [-0.2, -0.15) is 4.98 Å². The third-order valence-electron chi connectivity index (χ3n) is 6.83. The number of benzene rings is 3. The summed E-state index contributed by atoms with van der Waals surface area (Å²) >= 11 is 1.77. The highest BCUT2D eigenvalue weighted by Gasteiger charge is 2.21. The normalized spacial score (nSPS) is 18.3. The average Bonchev–Trinajstić information content (AvgIpc) is 2.88. The van der Waals surface area contributed by atoms with Crippen LogP contribution in [0.25, 0.3) is 21.7 Å². The van der Waals surface area contributed by atoms with Crippen LogP contribution in [0.3, 0.4) is 0 Å². The number of hydrogen-bond donors (Lipinski definition) is 2. The number of rotatable bonds is 8. The standard InChI is InChI=1S/C28H33N5S/c1-33(2)27-24-11-5-6-12-25(24)31-28(32-27)29-18-20-14-16-21(17-15-20)19-30-34-26-13-7-9-22-8-3-4-10-23(22)26/h3-13,20-21,30H,14-19H2,1-2H3,(H,29,31,32). The molecule has 34 heavy (non-hydrogen) atoms. The van der Waals surface area contributed by atoms with Crippen LogP contribution in [0.1, 0.15) is 25.7 Å². The first-order valence-corrected chi connectivity index (χ1v) is 13.0. The molecular formula is C28H33N5S. The van der Waals surface area contributed by atoms with Crippen molar-refractivity contribution in [3.05, 3.63) is 66.7 Å². The first-order chi connectivity index (χ1) is 16.7. The second kappa shape index (κ2) is 10.6. The Hall–Kier alpha value is -2.83. The molecule has 0 saturated heterocycles. The van der Waals surface area contributed by atoms with Gasteiger partial charge in [-0.15, -0.1) is 0 Å². The lowest BCUT2D eigenvalue weighted by Crippen LogP contribution is -2.26. The summed E-state index contributed by atoms with van der Waals surface area (Å²) in [5.74, 6) is 3.13. The van der Waals surface area contributed by atoms with Crippen molar-refractivity contribution in [1.82, 2.24) is 14.7 Å². The molecule has 5 rings (SSSR count). The molecule has 6 heteroatoms. The van der Waals surface area contributed by atoms with Crippen LogP contribution < -0.4 is 14.9 Å². The average molecular weight is 472 g/mol. The van der Waals surface area contributed by atoms with Crippen LogP contribution in [0.5, 0.6) is 0 Å². The van der Waals surface area contributed by atoms with Gasteiger partial charge < -0.3 is 10.2 Å². The van der Waals surface area contributed by atoms with Crippen molar-refractivity contribution in [3.63, 3.8) is 0 Å². The summed E-state index contributed by atoms with van der Waals surface area (Å²) in [6.07, 6.45) is 5.06. The van der Waals surface area contributed by atoms with Crippen LogP contribution in [-0.4, -0.2) is 37.2 Å². The van der Waals surface area contributed by atoms with Gasteiger partial charge in [-0.3, -0.25) is 4.72 Å². The Morgan fingerprint density at radius 1 is 0.794 bits per heavy atom. The molecule has 4 aromatic rings. The number of nitrogens with one attached hydrogen (secondary N) is 2. The fraction of sp³-hybridized carbons (Fsp3) is 0.357. The quantitative estimate of drug-likeness (QED) is 0.292. The number of anilines is 2. The highest BCUT2D eigenvalue weighted by atomic mass is 32.2. The van der Waals surface area contributed by atoms with Gasteiger partial charge in [0.05, 0.1) is 5.52 Å². The smallest absolute Gasteiger partial charge is 0.225 e. The van der Waals surface area contributed by atoms with Crippen LogP contribution >= 0.6 is 11.9 Å². The van der Waals surface area contributed by atoms with Gasteiger partial charge in [0.15, 0.2) is 0 Å². The van der Waals surface area contributed by atoms with Gasteiger partial charge in [0.25, 0.3) is 0 Å². The number of para-hydroxylation sites is 1. The van der Waals surface area contributed by atoms with Crippen LogP contribution in [0.4, 0.5) is 11.8 Å². The summed E-state index contributed by atoms with van der Waals surface area (Å²) in [6.45, 7) is 2.00. The Balaban J connectivity index is 1.10. The Labute approximate surface area is 206 Å². The van der Waals surface area contributed by atoms with Gasteiger partial charge in [-0.1, -0.05) is 48.5 Å². The predicted octanol–water partition coefficient (Wildman–Crippen LogP) is 6.36. The minimum absolute atomic E-state index is 0.680. The van der Waals surface area contributed by atoms with E-state index in [1.54, 1.807) is 11.9 Å². The van der Waals surface area contributed by atoms with E-state index in [0.29, 0.717) is 5.92 Å². The van der Waals surface area contributed by atoms with E-state index in [1.807, 2.05) is 26.2 Å². The van der Waals surface area contributed by atoms with Gasteiger partial charge in [-0.25, -0.2) is 4.98 Å². The molecular weight excluding hydrogens is 438 g/mol. The van der Waals surface area contributed by atoms with Gasteiger partial charge in [0.2, 0.25) is 5.95 Å². The molecule has 0 unspecified atom stereocenters. The zero-order valence-corrected chi connectivity index (χ0v) is 20.8. The number of hydrogen-bond acceptors (Lipinski definition) is 6. The monoisotopic (exact) mass is 471 g/mol. The van der Waals surface area contributed by atoms with Gasteiger partial charge in [-0.05, 0) is 78.4 Å². The molecule has 1 heterocycles. The third kappa shape index (κ3) is 5.29. The Morgan fingerprint density at radius 2 is 1.47 bits per heavy atom. The molecule has 1 saturated carbocycles. The summed E-state index contributed by atoms with van der Waals surface area (Å²) in [4.78, 5) is 12.9. The summed E-state index contributed by atoms with van der Waals surface area (Å²) in [5, 5.41) is 7.25. The molecule has 0 atom stereocenters. The summed E-state index contributed by atoms with van der Waals surface area (Å²) in [5.41, 5.74) is 0.988. The molecule has 3 aromatic carbocycles. The number of nitrogens with zero attached hydrogens (tertiary/aromatic N) is 3. The van der Waals surface area contributed by atoms with E-state index < -0.39 is 0 Å². The summed E-state index contributed by atoms with van der Waals surface area (Å²) in [7, 11) is 4.07. The molecule has 0 amide bonds. The maximum absolute atomic E-state index is 4.78. The number of aromatic nitrogens is 2. The van der Waals surface area contributed by atoms with E-state index in [1.165, 1.54) is 41.4 Å². The third-order valence-corrected chi connectivity index (χ3v) is 7.71. The minimum atomic E-state index is 0.680. The van der Waals surface area contributed by atoms with E-state index in [-0.39, 0.29) is 0 Å². The zero-order valence-electron chi connectivity index (χ0n) is 20.0. The minimum Gasteiger partial charge on any atom is -0.362 e. The molecule has 176 valence electrons. The lowest BCUT2D eigenvalue weighted by atomic mass is 9.82. The molecule has 0 spiro atoms. The van der Waals surface area contributed by atoms with Crippen molar-refractivity contribution in [2.24, 2.45) is 11.8 Å². The SMILES string of the molecule is CN(C)c1nc(NCC2CCC(CNSc3cccc4ccccc34)CC2)nc2ccccc12.